The Bertz CT molecular complexity index is 954. The molecule has 0 aliphatic carbocycles. The number of nitrogens with zero attached hydrogens (tertiary/aromatic N) is 3. The lowest BCUT2D eigenvalue weighted by atomic mass is 10.1. The first-order valence-electron chi connectivity index (χ1n) is 10.3. The topological polar surface area (TPSA) is 58.9 Å². The Hall–Kier alpha value is -2.70. The van der Waals surface area contributed by atoms with Crippen LogP contribution in [0.25, 0.3) is 5.65 Å². The molecule has 1 aromatic carbocycles. The maximum absolute atomic E-state index is 12.3. The second-order valence-corrected chi connectivity index (χ2v) is 7.56. The van der Waals surface area contributed by atoms with Gasteiger partial charge < -0.3 is 14.5 Å². The van der Waals surface area contributed by atoms with Crippen LogP contribution in [0.1, 0.15) is 35.1 Å². The number of likely N-dealkylation sites (tertiary alicyclic amines) is 1. The number of carbonyl (C=O) groups excluding carboxylic acids is 1. The summed E-state index contributed by atoms with van der Waals surface area (Å²) in [6.07, 6.45) is 3.14. The minimum absolute atomic E-state index is 0.346. The number of fused-ring (bicyclic) bond motifs is 1. The van der Waals surface area contributed by atoms with E-state index in [9.17, 15) is 4.79 Å². The summed E-state index contributed by atoms with van der Waals surface area (Å²) in [5.74, 6) is 0.256. The van der Waals surface area contributed by atoms with E-state index in [1.807, 2.05) is 35.7 Å². The van der Waals surface area contributed by atoms with Crippen molar-refractivity contribution in [2.45, 2.75) is 26.4 Å². The van der Waals surface area contributed by atoms with Crippen LogP contribution in [-0.4, -0.2) is 46.5 Å². The minimum Gasteiger partial charge on any atom is -0.461 e. The van der Waals surface area contributed by atoms with Crippen molar-refractivity contribution in [3.05, 3.63) is 71.7 Å². The zero-order chi connectivity index (χ0) is 20.1. The van der Waals surface area contributed by atoms with Crippen LogP contribution in [0, 0.1) is 5.92 Å². The van der Waals surface area contributed by atoms with Gasteiger partial charge in [-0.05, 0) is 50.0 Å². The van der Waals surface area contributed by atoms with Gasteiger partial charge in [0.05, 0.1) is 12.3 Å². The number of carbonyl (C=O) groups is 1. The van der Waals surface area contributed by atoms with E-state index in [1.54, 1.807) is 0 Å². The molecule has 0 amide bonds. The van der Waals surface area contributed by atoms with E-state index in [-0.39, 0.29) is 5.97 Å². The molecule has 1 saturated heterocycles. The van der Waals surface area contributed by atoms with Gasteiger partial charge >= 0.3 is 5.97 Å². The number of aromatic nitrogens is 2. The summed E-state index contributed by atoms with van der Waals surface area (Å²) in [7, 11) is 0. The van der Waals surface area contributed by atoms with E-state index in [1.165, 1.54) is 12.0 Å². The average molecular weight is 393 g/mol. The smallest absolute Gasteiger partial charge is 0.358 e. The van der Waals surface area contributed by atoms with Crippen LogP contribution in [0.15, 0.2) is 54.7 Å². The molecule has 1 N–H and O–H groups in total. The number of benzene rings is 1. The first kappa shape index (κ1) is 19.6. The van der Waals surface area contributed by atoms with Crippen LogP contribution in [-0.2, 0) is 17.8 Å². The van der Waals surface area contributed by atoms with Crippen molar-refractivity contribution in [2.24, 2.45) is 5.92 Å². The summed E-state index contributed by atoms with van der Waals surface area (Å²) in [5, 5.41) is 3.55. The van der Waals surface area contributed by atoms with E-state index in [0.717, 1.165) is 37.5 Å². The zero-order valence-corrected chi connectivity index (χ0v) is 16.9. The monoisotopic (exact) mass is 392 g/mol. The lowest BCUT2D eigenvalue weighted by Gasteiger charge is -2.16. The van der Waals surface area contributed by atoms with Crippen molar-refractivity contribution in [1.82, 2.24) is 19.6 Å². The molecule has 29 heavy (non-hydrogen) atoms. The number of hydrogen-bond acceptors (Lipinski definition) is 5. The molecule has 0 bridgehead atoms. The molecule has 0 spiro atoms. The maximum Gasteiger partial charge on any atom is 0.358 e. The van der Waals surface area contributed by atoms with Crippen molar-refractivity contribution in [3.8, 4) is 0 Å². The SMILES string of the molecule is CCOC(=O)c1nc2ccccn2c1CNCC1CCN(Cc2ccccc2)C1. The van der Waals surface area contributed by atoms with Gasteiger partial charge in [-0.25, -0.2) is 9.78 Å². The largest absolute Gasteiger partial charge is 0.461 e. The van der Waals surface area contributed by atoms with Crippen LogP contribution < -0.4 is 5.32 Å². The molecule has 1 fully saturated rings. The summed E-state index contributed by atoms with van der Waals surface area (Å²) < 4.78 is 7.17. The normalized spacial score (nSPS) is 17.1. The molecule has 3 heterocycles. The van der Waals surface area contributed by atoms with E-state index >= 15 is 0 Å². The Morgan fingerprint density at radius 3 is 2.86 bits per heavy atom. The summed E-state index contributed by atoms with van der Waals surface area (Å²) in [6, 6.07) is 16.4. The fourth-order valence-corrected chi connectivity index (χ4v) is 4.04. The van der Waals surface area contributed by atoms with Gasteiger partial charge in [-0.15, -0.1) is 0 Å². The van der Waals surface area contributed by atoms with E-state index in [2.05, 4.69) is 45.5 Å². The first-order chi connectivity index (χ1) is 14.2. The number of ether oxygens (including phenoxy) is 1. The Morgan fingerprint density at radius 1 is 1.21 bits per heavy atom. The highest BCUT2D eigenvalue weighted by Crippen LogP contribution is 2.19. The van der Waals surface area contributed by atoms with Crippen LogP contribution in [0.5, 0.6) is 0 Å². The lowest BCUT2D eigenvalue weighted by Crippen LogP contribution is -2.27. The zero-order valence-electron chi connectivity index (χ0n) is 16.9. The predicted molar refractivity (Wildman–Crippen MR) is 113 cm³/mol. The fourth-order valence-electron chi connectivity index (χ4n) is 4.04. The van der Waals surface area contributed by atoms with E-state index in [4.69, 9.17) is 4.74 Å². The molecule has 3 aromatic rings. The van der Waals surface area contributed by atoms with Crippen molar-refractivity contribution < 1.29 is 9.53 Å². The predicted octanol–water partition coefficient (Wildman–Crippen LogP) is 3.12. The summed E-state index contributed by atoms with van der Waals surface area (Å²) in [5.41, 5.74) is 3.40. The van der Waals surface area contributed by atoms with Crippen molar-refractivity contribution in [2.75, 3.05) is 26.2 Å². The van der Waals surface area contributed by atoms with Gasteiger partial charge in [0, 0.05) is 25.8 Å². The van der Waals surface area contributed by atoms with Crippen molar-refractivity contribution in [1.29, 1.82) is 0 Å². The van der Waals surface area contributed by atoms with Gasteiger partial charge in [0.1, 0.15) is 5.65 Å². The summed E-state index contributed by atoms with van der Waals surface area (Å²) in [4.78, 5) is 19.3. The highest BCUT2D eigenvalue weighted by Gasteiger charge is 2.23. The van der Waals surface area contributed by atoms with Crippen LogP contribution >= 0.6 is 0 Å². The molecular formula is C23H28N4O2. The average Bonchev–Trinajstić information content (AvgIpc) is 3.34. The first-order valence-corrected chi connectivity index (χ1v) is 10.3. The maximum atomic E-state index is 12.3. The third-order valence-corrected chi connectivity index (χ3v) is 5.44. The highest BCUT2D eigenvalue weighted by molar-refractivity contribution is 5.89. The molecular weight excluding hydrogens is 364 g/mol. The second-order valence-electron chi connectivity index (χ2n) is 7.56. The van der Waals surface area contributed by atoms with Gasteiger partial charge in [0.15, 0.2) is 5.69 Å². The molecule has 152 valence electrons. The third-order valence-electron chi connectivity index (χ3n) is 5.44. The van der Waals surface area contributed by atoms with Crippen molar-refractivity contribution >= 4 is 11.6 Å². The summed E-state index contributed by atoms with van der Waals surface area (Å²) >= 11 is 0. The number of pyridine rings is 1. The van der Waals surface area contributed by atoms with Crippen LogP contribution in [0.4, 0.5) is 0 Å². The molecule has 1 unspecified atom stereocenters. The number of imidazole rings is 1. The number of nitrogens with one attached hydrogen (secondary N) is 1. The number of rotatable bonds is 8. The summed E-state index contributed by atoms with van der Waals surface area (Å²) in [6.45, 7) is 6.91. The van der Waals surface area contributed by atoms with E-state index in [0.29, 0.717) is 24.8 Å². The Morgan fingerprint density at radius 2 is 2.03 bits per heavy atom. The van der Waals surface area contributed by atoms with Gasteiger partial charge in [-0.3, -0.25) is 4.90 Å². The Kier molecular flexibility index (Phi) is 6.22. The number of esters is 1. The molecule has 1 aliphatic heterocycles. The highest BCUT2D eigenvalue weighted by atomic mass is 16.5. The van der Waals surface area contributed by atoms with Gasteiger partial charge in [-0.1, -0.05) is 36.4 Å². The molecule has 6 nitrogen and oxygen atoms in total. The quantitative estimate of drug-likeness (QED) is 0.597. The number of hydrogen-bond donors (Lipinski definition) is 1. The van der Waals surface area contributed by atoms with Crippen molar-refractivity contribution in [3.63, 3.8) is 0 Å². The van der Waals surface area contributed by atoms with Gasteiger partial charge in [0.2, 0.25) is 0 Å². The van der Waals surface area contributed by atoms with Gasteiger partial charge in [-0.2, -0.15) is 0 Å². The molecule has 2 aromatic heterocycles. The second kappa shape index (κ2) is 9.20. The molecule has 0 saturated carbocycles. The van der Waals surface area contributed by atoms with E-state index < -0.39 is 0 Å². The third kappa shape index (κ3) is 4.66. The minimum atomic E-state index is -0.358. The van der Waals surface area contributed by atoms with Crippen LogP contribution in [0.2, 0.25) is 0 Å². The van der Waals surface area contributed by atoms with Crippen LogP contribution in [0.3, 0.4) is 0 Å². The molecule has 6 heteroatoms. The Balaban J connectivity index is 1.35. The molecule has 1 aliphatic rings. The lowest BCUT2D eigenvalue weighted by molar-refractivity contribution is 0.0518. The molecule has 1 atom stereocenters. The Labute approximate surface area is 171 Å². The molecule has 4 rings (SSSR count). The fraction of sp³-hybridized carbons (Fsp3) is 0.391. The van der Waals surface area contributed by atoms with Gasteiger partial charge in [0.25, 0.3) is 0 Å². The standard InChI is InChI=1S/C23H28N4O2/c1-2-29-23(28)22-20(27-12-7-6-10-21(27)25-22)15-24-14-19-11-13-26(17-19)16-18-8-4-3-5-9-18/h3-10,12,19,24H,2,11,13-17H2,1H3. The molecule has 0 radical (unpaired) electrons.